The minimum Gasteiger partial charge on any atom is -1.00 e. The largest absolute Gasteiger partial charge is 1.00 e. The molecule has 0 aliphatic heterocycles. The fourth-order valence-corrected chi connectivity index (χ4v) is 11.6. The molecule has 0 atom stereocenters. The lowest BCUT2D eigenvalue weighted by Gasteiger charge is -2.31. The van der Waals surface area contributed by atoms with Gasteiger partial charge in [0.2, 0.25) is 0 Å². The SMILES string of the molecule is CCO[Si](COc1ccc(O)cc1[P+](c1ccc(C)cc1)(c1ccc(C)cc1)c1ccc(C)cc1)(OCC)OCC.[Br-]. The molecule has 5 nitrogen and oxygen atoms in total. The third-order valence-corrected chi connectivity index (χ3v) is 14.0. The molecule has 8 heteroatoms. The molecule has 0 aliphatic rings. The average Bonchev–Trinajstić information content (AvgIpc) is 2.96. The van der Waals surface area contributed by atoms with E-state index in [-0.39, 0.29) is 29.0 Å². The highest BCUT2D eigenvalue weighted by atomic mass is 79.9. The van der Waals surface area contributed by atoms with Crippen molar-refractivity contribution in [1.29, 1.82) is 0 Å². The summed E-state index contributed by atoms with van der Waals surface area (Å²) in [4.78, 5) is 0. The zero-order valence-electron chi connectivity index (χ0n) is 25.4. The van der Waals surface area contributed by atoms with Gasteiger partial charge in [0.05, 0.1) is 0 Å². The number of phenolic OH excluding ortho intramolecular Hbond substituents is 1. The molecular weight excluding hydrogens is 627 g/mol. The number of benzene rings is 4. The van der Waals surface area contributed by atoms with E-state index < -0.39 is 16.1 Å². The molecule has 4 rings (SSSR count). The lowest BCUT2D eigenvalue weighted by atomic mass is 10.2. The third-order valence-electron chi connectivity index (χ3n) is 7.06. The van der Waals surface area contributed by atoms with E-state index in [1.807, 2.05) is 32.9 Å². The van der Waals surface area contributed by atoms with Crippen LogP contribution in [-0.4, -0.2) is 40.0 Å². The van der Waals surface area contributed by atoms with Crippen molar-refractivity contribution in [3.05, 3.63) is 108 Å². The number of rotatable bonds is 13. The summed E-state index contributed by atoms with van der Waals surface area (Å²) in [5.74, 6) is 0.861. The first-order valence-electron chi connectivity index (χ1n) is 14.3. The highest BCUT2D eigenvalue weighted by Gasteiger charge is 2.51. The minimum atomic E-state index is -3.11. The summed E-state index contributed by atoms with van der Waals surface area (Å²) >= 11 is 0. The van der Waals surface area contributed by atoms with Gasteiger partial charge in [-0.05, 0) is 90.1 Å². The number of hydrogen-bond donors (Lipinski definition) is 1. The molecule has 0 amide bonds. The number of halogens is 1. The van der Waals surface area contributed by atoms with Crippen LogP contribution < -0.4 is 42.9 Å². The number of phenols is 1. The van der Waals surface area contributed by atoms with Crippen molar-refractivity contribution in [2.75, 3.05) is 26.1 Å². The first-order valence-corrected chi connectivity index (χ1v) is 18.0. The van der Waals surface area contributed by atoms with E-state index in [0.717, 1.165) is 5.30 Å². The highest BCUT2D eigenvalue weighted by molar-refractivity contribution is 8.01. The van der Waals surface area contributed by atoms with Gasteiger partial charge in [-0.15, -0.1) is 0 Å². The number of aromatic hydroxyl groups is 1. The first-order chi connectivity index (χ1) is 19.8. The van der Waals surface area contributed by atoms with Crippen LogP contribution in [0.15, 0.2) is 91.0 Å². The molecule has 1 N–H and O–H groups in total. The lowest BCUT2D eigenvalue weighted by molar-refractivity contribution is -0.0000212. The van der Waals surface area contributed by atoms with Crippen molar-refractivity contribution >= 4 is 37.3 Å². The highest BCUT2D eigenvalue weighted by Crippen LogP contribution is 2.56. The molecule has 0 bridgehead atoms. The van der Waals surface area contributed by atoms with Crippen molar-refractivity contribution in [1.82, 2.24) is 0 Å². The fraction of sp³-hybridized carbons (Fsp3) is 0.294. The molecule has 0 heterocycles. The van der Waals surface area contributed by atoms with E-state index in [1.54, 1.807) is 6.07 Å². The molecule has 4 aromatic carbocycles. The molecule has 0 saturated heterocycles. The summed E-state index contributed by atoms with van der Waals surface area (Å²) in [6.45, 7) is 13.5. The van der Waals surface area contributed by atoms with Gasteiger partial charge < -0.3 is 40.1 Å². The van der Waals surface area contributed by atoms with Crippen LogP contribution in [0.3, 0.4) is 0 Å². The quantitative estimate of drug-likeness (QED) is 0.176. The minimum absolute atomic E-state index is 0. The van der Waals surface area contributed by atoms with E-state index in [9.17, 15) is 5.11 Å². The molecule has 0 aromatic heterocycles. The zero-order chi connectivity index (χ0) is 29.5. The van der Waals surface area contributed by atoms with Crippen LogP contribution in [0.25, 0.3) is 0 Å². The number of aryl methyl sites for hydroxylation is 3. The van der Waals surface area contributed by atoms with Crippen LogP contribution in [0.2, 0.25) is 0 Å². The molecule has 4 aromatic rings. The van der Waals surface area contributed by atoms with E-state index in [2.05, 4.69) is 93.6 Å². The van der Waals surface area contributed by atoms with Gasteiger partial charge >= 0.3 is 8.80 Å². The van der Waals surface area contributed by atoms with Crippen molar-refractivity contribution in [3.63, 3.8) is 0 Å². The van der Waals surface area contributed by atoms with Crippen molar-refractivity contribution < 1.29 is 40.1 Å². The summed E-state index contributed by atoms with van der Waals surface area (Å²) in [6, 6.07) is 31.7. The Hall–Kier alpha value is -2.51. The normalized spacial score (nSPS) is 11.7. The van der Waals surface area contributed by atoms with Crippen LogP contribution >= 0.6 is 7.26 Å². The van der Waals surface area contributed by atoms with Gasteiger partial charge in [-0.25, -0.2) is 0 Å². The molecule has 0 aliphatic carbocycles. The molecule has 0 saturated carbocycles. The summed E-state index contributed by atoms with van der Waals surface area (Å²) in [6.07, 6.45) is 0.163. The number of ether oxygens (including phenoxy) is 1. The third kappa shape index (κ3) is 7.33. The van der Waals surface area contributed by atoms with Gasteiger partial charge in [-0.3, -0.25) is 0 Å². The standard InChI is InChI=1S/C34H41O5PSi.BrH/c1-7-37-41(38-8-2,39-9-3)25-36-33-23-16-29(35)24-34(33)40(30-17-10-26(4)11-18-30,31-19-12-27(5)13-20-31)32-21-14-28(6)15-22-32;/h10-24H,7-9,25H2,1-6H3;1H. The summed E-state index contributed by atoms with van der Waals surface area (Å²) < 4.78 is 25.0. The van der Waals surface area contributed by atoms with Gasteiger partial charge in [0.1, 0.15) is 28.9 Å². The molecule has 0 radical (unpaired) electrons. The van der Waals surface area contributed by atoms with Crippen LogP contribution in [-0.2, 0) is 13.3 Å². The smallest absolute Gasteiger partial charge is 0.540 e. The monoisotopic (exact) mass is 668 g/mol. The zero-order valence-corrected chi connectivity index (χ0v) is 28.9. The molecular formula is C34H42BrO5PSi. The maximum Gasteiger partial charge on any atom is 0.540 e. The second-order valence-electron chi connectivity index (χ2n) is 10.1. The Bertz CT molecular complexity index is 1280. The predicted octanol–water partition coefficient (Wildman–Crippen LogP) is 2.91. The second kappa shape index (κ2) is 15.3. The summed E-state index contributed by atoms with van der Waals surface area (Å²) in [7, 11) is -5.66. The van der Waals surface area contributed by atoms with Crippen LogP contribution in [0.5, 0.6) is 11.5 Å². The van der Waals surface area contributed by atoms with Gasteiger partial charge in [0.15, 0.2) is 17.3 Å². The molecule has 0 spiro atoms. The number of hydrogen-bond acceptors (Lipinski definition) is 5. The van der Waals surface area contributed by atoms with E-state index in [0.29, 0.717) is 25.6 Å². The molecule has 42 heavy (non-hydrogen) atoms. The van der Waals surface area contributed by atoms with Gasteiger partial charge in [0, 0.05) is 25.9 Å². The lowest BCUT2D eigenvalue weighted by Crippen LogP contribution is -3.00. The molecule has 0 unspecified atom stereocenters. The Balaban J connectivity index is 0.00000484. The van der Waals surface area contributed by atoms with Crippen LogP contribution in [0.1, 0.15) is 37.5 Å². The van der Waals surface area contributed by atoms with Gasteiger partial charge in [-0.2, -0.15) is 0 Å². The second-order valence-corrected chi connectivity index (χ2v) is 16.0. The van der Waals surface area contributed by atoms with Crippen molar-refractivity contribution in [3.8, 4) is 11.5 Å². The van der Waals surface area contributed by atoms with Crippen molar-refractivity contribution in [2.24, 2.45) is 0 Å². The maximum atomic E-state index is 11.0. The molecule has 0 fully saturated rings. The molecule has 224 valence electrons. The summed E-state index contributed by atoms with van der Waals surface area (Å²) in [5, 5.41) is 15.4. The van der Waals surface area contributed by atoms with E-state index in [1.165, 1.54) is 32.6 Å². The maximum absolute atomic E-state index is 11.0. The van der Waals surface area contributed by atoms with Crippen LogP contribution in [0.4, 0.5) is 0 Å². The van der Waals surface area contributed by atoms with Crippen LogP contribution in [0, 0.1) is 20.8 Å². The van der Waals surface area contributed by atoms with Crippen molar-refractivity contribution in [2.45, 2.75) is 41.5 Å². The van der Waals surface area contributed by atoms with Gasteiger partial charge in [-0.1, -0.05) is 53.1 Å². The van der Waals surface area contributed by atoms with E-state index in [4.69, 9.17) is 18.0 Å². The Morgan fingerprint density at radius 3 is 1.33 bits per heavy atom. The van der Waals surface area contributed by atoms with Gasteiger partial charge in [0.25, 0.3) is 0 Å². The fourth-order valence-electron chi connectivity index (χ4n) is 5.14. The first kappa shape index (κ1) is 34.0. The topological polar surface area (TPSA) is 57.2 Å². The Labute approximate surface area is 263 Å². The Morgan fingerprint density at radius 2 is 0.976 bits per heavy atom. The van der Waals surface area contributed by atoms with E-state index >= 15 is 0 Å². The Morgan fingerprint density at radius 1 is 0.595 bits per heavy atom. The average molecular weight is 670 g/mol. The predicted molar refractivity (Wildman–Crippen MR) is 173 cm³/mol. The summed E-state index contributed by atoms with van der Waals surface area (Å²) in [5.41, 5.74) is 3.56. The Kier molecular flexibility index (Phi) is 12.4.